The number of carbonyl (C=O) groups is 1. The van der Waals surface area contributed by atoms with Crippen LogP contribution in [-0.4, -0.2) is 51.8 Å². The highest BCUT2D eigenvalue weighted by molar-refractivity contribution is 5.93. The second-order valence-corrected chi connectivity index (χ2v) is 7.44. The molecule has 0 saturated carbocycles. The van der Waals surface area contributed by atoms with E-state index in [-0.39, 0.29) is 5.91 Å². The zero-order valence-corrected chi connectivity index (χ0v) is 17.5. The molecule has 0 saturated heterocycles. The molecule has 2 aromatic heterocycles. The lowest BCUT2D eigenvalue weighted by atomic mass is 10.2. The minimum absolute atomic E-state index is 0.145. The lowest BCUT2D eigenvalue weighted by molar-refractivity contribution is 0.0953. The number of rotatable bonds is 9. The fourth-order valence-corrected chi connectivity index (χ4v) is 3.72. The molecule has 1 N–H and O–H groups in total. The molecule has 1 amide bonds. The first kappa shape index (κ1) is 20.9. The van der Waals surface area contributed by atoms with Crippen molar-refractivity contribution < 1.29 is 13.9 Å². The average molecular weight is 422 g/mol. The molecule has 0 bridgehead atoms. The Kier molecular flexibility index (Phi) is 6.78. The second kappa shape index (κ2) is 10.1. The minimum Gasteiger partial charge on any atom is -0.489 e. The summed E-state index contributed by atoms with van der Waals surface area (Å²) in [6.45, 7) is 8.17. The van der Waals surface area contributed by atoms with Crippen LogP contribution in [-0.2, 0) is 25.9 Å². The Balaban J connectivity index is 1.33. The Labute approximate surface area is 181 Å². The maximum atomic E-state index is 12.1. The first-order valence-electron chi connectivity index (χ1n) is 10.5. The number of hydrogen-bond acceptors (Lipinski definition) is 6. The fourth-order valence-electron chi connectivity index (χ4n) is 3.72. The van der Waals surface area contributed by atoms with Crippen molar-refractivity contribution in [2.75, 3.05) is 26.2 Å². The van der Waals surface area contributed by atoms with E-state index in [1.54, 1.807) is 12.1 Å². The molecule has 3 aromatic rings. The summed E-state index contributed by atoms with van der Waals surface area (Å²) in [6, 6.07) is 9.79. The van der Waals surface area contributed by atoms with Gasteiger partial charge in [0.25, 0.3) is 5.91 Å². The molecular formula is C23H27N5O3. The number of para-hydroxylation sites is 1. The van der Waals surface area contributed by atoms with Crippen molar-refractivity contribution in [2.24, 2.45) is 0 Å². The first-order chi connectivity index (χ1) is 15.2. The Hall–Kier alpha value is -3.39. The molecule has 0 radical (unpaired) electrons. The van der Waals surface area contributed by atoms with Crippen LogP contribution in [0.3, 0.4) is 0 Å². The van der Waals surface area contributed by atoms with Crippen molar-refractivity contribution in [3.8, 4) is 5.75 Å². The molecule has 0 aliphatic carbocycles. The number of carbonyl (C=O) groups excluding carboxylic acids is 1. The number of ether oxygens (including phenoxy) is 1. The SMILES string of the molecule is C=CCOc1ccccc1CN1CCc2nnc(CCNC(=O)c3ccoc3)n2CC1. The van der Waals surface area contributed by atoms with Crippen LogP contribution < -0.4 is 10.1 Å². The normalized spacial score (nSPS) is 13.9. The van der Waals surface area contributed by atoms with Gasteiger partial charge in [-0.2, -0.15) is 0 Å². The standard InChI is InChI=1S/C23H27N5O3/c1-2-14-31-20-6-4-3-5-18(20)16-27-11-8-22-26-25-21(28(22)13-12-27)7-10-24-23(29)19-9-15-30-17-19/h2-6,9,15,17H,1,7-8,10-14,16H2,(H,24,29). The molecule has 8 nitrogen and oxygen atoms in total. The zero-order chi connectivity index (χ0) is 21.5. The molecule has 3 heterocycles. The third-order valence-electron chi connectivity index (χ3n) is 5.34. The number of hydrogen-bond donors (Lipinski definition) is 1. The van der Waals surface area contributed by atoms with Gasteiger partial charge in [0.15, 0.2) is 0 Å². The summed E-state index contributed by atoms with van der Waals surface area (Å²) in [5.74, 6) is 2.65. The van der Waals surface area contributed by atoms with Crippen molar-refractivity contribution in [2.45, 2.75) is 25.9 Å². The van der Waals surface area contributed by atoms with Crippen LogP contribution in [0.25, 0.3) is 0 Å². The summed E-state index contributed by atoms with van der Waals surface area (Å²) in [5, 5.41) is 11.6. The summed E-state index contributed by atoms with van der Waals surface area (Å²) < 4.78 is 12.9. The molecule has 1 aromatic carbocycles. The van der Waals surface area contributed by atoms with Gasteiger partial charge in [-0.1, -0.05) is 30.9 Å². The highest BCUT2D eigenvalue weighted by Crippen LogP contribution is 2.21. The third kappa shape index (κ3) is 5.21. The van der Waals surface area contributed by atoms with Gasteiger partial charge in [0, 0.05) is 51.1 Å². The molecule has 1 aliphatic rings. The van der Waals surface area contributed by atoms with Gasteiger partial charge < -0.3 is 19.0 Å². The molecular weight excluding hydrogens is 394 g/mol. The van der Waals surface area contributed by atoms with Crippen LogP contribution in [0.5, 0.6) is 5.75 Å². The molecule has 31 heavy (non-hydrogen) atoms. The van der Waals surface area contributed by atoms with Crippen LogP contribution in [0.2, 0.25) is 0 Å². The van der Waals surface area contributed by atoms with E-state index in [2.05, 4.69) is 37.6 Å². The largest absolute Gasteiger partial charge is 0.489 e. The van der Waals surface area contributed by atoms with Gasteiger partial charge in [-0.05, 0) is 12.1 Å². The maximum absolute atomic E-state index is 12.1. The summed E-state index contributed by atoms with van der Waals surface area (Å²) in [6.07, 6.45) is 6.16. The molecule has 0 unspecified atom stereocenters. The van der Waals surface area contributed by atoms with E-state index < -0.39 is 0 Å². The van der Waals surface area contributed by atoms with E-state index in [9.17, 15) is 4.79 Å². The predicted molar refractivity (Wildman–Crippen MR) is 116 cm³/mol. The van der Waals surface area contributed by atoms with Crippen molar-refractivity contribution in [3.05, 3.63) is 78.3 Å². The molecule has 0 atom stereocenters. The minimum atomic E-state index is -0.145. The molecule has 4 rings (SSSR count). The van der Waals surface area contributed by atoms with E-state index in [1.165, 1.54) is 18.1 Å². The topological polar surface area (TPSA) is 85.4 Å². The number of fused-ring (bicyclic) bond motifs is 1. The number of nitrogens with one attached hydrogen (secondary N) is 1. The van der Waals surface area contributed by atoms with Crippen LogP contribution in [0.15, 0.2) is 59.9 Å². The highest BCUT2D eigenvalue weighted by atomic mass is 16.5. The molecule has 0 spiro atoms. The van der Waals surface area contributed by atoms with Gasteiger partial charge in [-0.15, -0.1) is 10.2 Å². The zero-order valence-electron chi connectivity index (χ0n) is 17.5. The Morgan fingerprint density at radius 1 is 1.23 bits per heavy atom. The summed E-state index contributed by atoms with van der Waals surface area (Å²) in [5.41, 5.74) is 1.69. The van der Waals surface area contributed by atoms with Gasteiger partial charge in [-0.25, -0.2) is 0 Å². The third-order valence-corrected chi connectivity index (χ3v) is 5.34. The van der Waals surface area contributed by atoms with E-state index in [1.807, 2.05) is 18.2 Å². The molecule has 8 heteroatoms. The van der Waals surface area contributed by atoms with Gasteiger partial charge in [-0.3, -0.25) is 9.69 Å². The fraction of sp³-hybridized carbons (Fsp3) is 0.348. The van der Waals surface area contributed by atoms with Crippen molar-refractivity contribution in [1.29, 1.82) is 0 Å². The summed E-state index contributed by atoms with van der Waals surface area (Å²) in [4.78, 5) is 14.5. The number of benzene rings is 1. The number of aromatic nitrogens is 3. The van der Waals surface area contributed by atoms with Gasteiger partial charge >= 0.3 is 0 Å². The molecule has 162 valence electrons. The number of furan rings is 1. The average Bonchev–Trinajstić information content (AvgIpc) is 3.41. The number of nitrogens with zero attached hydrogens (tertiary/aromatic N) is 4. The van der Waals surface area contributed by atoms with Crippen LogP contribution >= 0.6 is 0 Å². The summed E-state index contributed by atoms with van der Waals surface area (Å²) in [7, 11) is 0. The Morgan fingerprint density at radius 2 is 2.13 bits per heavy atom. The van der Waals surface area contributed by atoms with Crippen molar-refractivity contribution in [3.63, 3.8) is 0 Å². The highest BCUT2D eigenvalue weighted by Gasteiger charge is 2.19. The van der Waals surface area contributed by atoms with Gasteiger partial charge in [0.1, 0.15) is 30.3 Å². The van der Waals surface area contributed by atoms with E-state index >= 15 is 0 Å². The lowest BCUT2D eigenvalue weighted by Gasteiger charge is -2.21. The first-order valence-corrected chi connectivity index (χ1v) is 10.5. The van der Waals surface area contributed by atoms with Gasteiger partial charge in [0.05, 0.1) is 11.8 Å². The van der Waals surface area contributed by atoms with Crippen molar-refractivity contribution in [1.82, 2.24) is 25.0 Å². The van der Waals surface area contributed by atoms with Crippen LogP contribution in [0, 0.1) is 0 Å². The predicted octanol–water partition coefficient (Wildman–Crippen LogP) is 2.47. The van der Waals surface area contributed by atoms with Crippen LogP contribution in [0.4, 0.5) is 0 Å². The van der Waals surface area contributed by atoms with E-state index in [0.29, 0.717) is 25.1 Å². The van der Waals surface area contributed by atoms with Gasteiger partial charge in [0.2, 0.25) is 0 Å². The van der Waals surface area contributed by atoms with E-state index in [4.69, 9.17) is 9.15 Å². The second-order valence-electron chi connectivity index (χ2n) is 7.44. The molecule has 0 fully saturated rings. The molecule has 1 aliphatic heterocycles. The van der Waals surface area contributed by atoms with Crippen molar-refractivity contribution >= 4 is 5.91 Å². The monoisotopic (exact) mass is 421 g/mol. The smallest absolute Gasteiger partial charge is 0.254 e. The van der Waals surface area contributed by atoms with Crippen LogP contribution in [0.1, 0.15) is 27.6 Å². The quantitative estimate of drug-likeness (QED) is 0.534. The Bertz CT molecular complexity index is 1010. The summed E-state index contributed by atoms with van der Waals surface area (Å²) >= 11 is 0. The Morgan fingerprint density at radius 3 is 2.97 bits per heavy atom. The lowest BCUT2D eigenvalue weighted by Crippen LogP contribution is -2.28. The maximum Gasteiger partial charge on any atom is 0.254 e. The van der Waals surface area contributed by atoms with E-state index in [0.717, 1.165) is 50.0 Å². The number of amides is 1.